The normalized spacial score (nSPS) is 10.1. The fraction of sp³-hybridized carbons (Fsp3) is 0.143. The predicted molar refractivity (Wildman–Crippen MR) is 77.9 cm³/mol. The standard InChI is InChI=1S/C14H11IN2O/c1-9-13(10(2)18)7-14(15)17(9)12-5-3-11(8-16)4-6-12/h3-7H,1-2H3. The molecule has 0 bridgehead atoms. The molecule has 90 valence electrons. The average Bonchev–Trinajstić information content (AvgIpc) is 2.65. The first-order valence-corrected chi connectivity index (χ1v) is 6.52. The number of carbonyl (C=O) groups is 1. The van der Waals surface area contributed by atoms with Crippen LogP contribution in [0.4, 0.5) is 0 Å². The van der Waals surface area contributed by atoms with Crippen molar-refractivity contribution in [2.45, 2.75) is 13.8 Å². The number of halogens is 1. The van der Waals surface area contributed by atoms with Gasteiger partial charge in [-0.05, 0) is 66.8 Å². The maximum Gasteiger partial charge on any atom is 0.161 e. The molecule has 0 saturated heterocycles. The van der Waals surface area contributed by atoms with E-state index in [1.807, 2.05) is 29.7 Å². The van der Waals surface area contributed by atoms with Crippen LogP contribution < -0.4 is 0 Å². The Hall–Kier alpha value is -1.61. The van der Waals surface area contributed by atoms with Gasteiger partial charge in [0.05, 0.1) is 15.3 Å². The van der Waals surface area contributed by atoms with Crippen LogP contribution in [0.15, 0.2) is 30.3 Å². The lowest BCUT2D eigenvalue weighted by atomic mass is 10.2. The summed E-state index contributed by atoms with van der Waals surface area (Å²) in [4.78, 5) is 11.5. The number of carbonyl (C=O) groups excluding carboxylic acids is 1. The molecule has 4 heteroatoms. The molecular formula is C14H11IN2O. The zero-order valence-corrected chi connectivity index (χ0v) is 12.2. The largest absolute Gasteiger partial charge is 0.308 e. The molecule has 1 aromatic carbocycles. The lowest BCUT2D eigenvalue weighted by Gasteiger charge is -2.08. The van der Waals surface area contributed by atoms with Crippen LogP contribution in [0.25, 0.3) is 5.69 Å². The molecule has 0 unspecified atom stereocenters. The zero-order valence-electron chi connectivity index (χ0n) is 10.1. The van der Waals surface area contributed by atoms with E-state index in [4.69, 9.17) is 5.26 Å². The Morgan fingerprint density at radius 3 is 2.39 bits per heavy atom. The molecule has 0 aliphatic rings. The molecule has 0 aliphatic heterocycles. The summed E-state index contributed by atoms with van der Waals surface area (Å²) in [6.45, 7) is 3.50. The summed E-state index contributed by atoms with van der Waals surface area (Å²) >= 11 is 2.21. The van der Waals surface area contributed by atoms with Gasteiger partial charge >= 0.3 is 0 Å². The van der Waals surface area contributed by atoms with Gasteiger partial charge in [-0.15, -0.1) is 0 Å². The van der Waals surface area contributed by atoms with Crippen LogP contribution in [0.5, 0.6) is 0 Å². The monoisotopic (exact) mass is 350 g/mol. The first-order chi connectivity index (χ1) is 8.54. The maximum absolute atomic E-state index is 11.5. The fourth-order valence-corrected chi connectivity index (χ4v) is 2.88. The Morgan fingerprint density at radius 2 is 1.94 bits per heavy atom. The quantitative estimate of drug-likeness (QED) is 0.615. The van der Waals surface area contributed by atoms with E-state index < -0.39 is 0 Å². The van der Waals surface area contributed by atoms with E-state index in [0.29, 0.717) is 5.56 Å². The minimum atomic E-state index is 0.0674. The third kappa shape index (κ3) is 2.18. The molecule has 0 aliphatic carbocycles. The van der Waals surface area contributed by atoms with Gasteiger partial charge in [-0.25, -0.2) is 0 Å². The number of hydrogen-bond acceptors (Lipinski definition) is 2. The summed E-state index contributed by atoms with van der Waals surface area (Å²) in [7, 11) is 0. The number of Topliss-reactive ketones (excluding diaryl/α,β-unsaturated/α-hetero) is 1. The minimum Gasteiger partial charge on any atom is -0.308 e. The minimum absolute atomic E-state index is 0.0674. The van der Waals surface area contributed by atoms with Gasteiger partial charge in [0.2, 0.25) is 0 Å². The molecule has 0 atom stereocenters. The van der Waals surface area contributed by atoms with Crippen molar-refractivity contribution >= 4 is 28.4 Å². The van der Waals surface area contributed by atoms with E-state index in [-0.39, 0.29) is 5.78 Å². The van der Waals surface area contributed by atoms with E-state index in [0.717, 1.165) is 20.6 Å². The fourth-order valence-electron chi connectivity index (χ4n) is 1.93. The molecule has 1 aromatic heterocycles. The Balaban J connectivity index is 2.57. The molecule has 0 N–H and O–H groups in total. The lowest BCUT2D eigenvalue weighted by Crippen LogP contribution is -2.01. The molecule has 0 saturated carbocycles. The summed E-state index contributed by atoms with van der Waals surface area (Å²) in [5, 5.41) is 8.78. The average molecular weight is 350 g/mol. The van der Waals surface area contributed by atoms with Crippen LogP contribution in [0.1, 0.15) is 28.5 Å². The number of rotatable bonds is 2. The summed E-state index contributed by atoms with van der Waals surface area (Å²) in [6, 6.07) is 11.3. The molecule has 18 heavy (non-hydrogen) atoms. The highest BCUT2D eigenvalue weighted by molar-refractivity contribution is 14.1. The summed E-state index contributed by atoms with van der Waals surface area (Å²) in [5.74, 6) is 0.0674. The number of ketones is 1. The van der Waals surface area contributed by atoms with Crippen LogP contribution in [0.2, 0.25) is 0 Å². The van der Waals surface area contributed by atoms with Crippen molar-refractivity contribution in [3.8, 4) is 11.8 Å². The zero-order chi connectivity index (χ0) is 13.3. The van der Waals surface area contributed by atoms with Gasteiger partial charge in [0.1, 0.15) is 0 Å². The predicted octanol–water partition coefficient (Wildman–Crippen LogP) is 3.46. The molecule has 0 amide bonds. The number of nitriles is 1. The summed E-state index contributed by atoms with van der Waals surface area (Å²) in [6.07, 6.45) is 0. The molecular weight excluding hydrogens is 339 g/mol. The van der Waals surface area contributed by atoms with Gasteiger partial charge in [-0.3, -0.25) is 4.79 Å². The second kappa shape index (κ2) is 4.94. The van der Waals surface area contributed by atoms with E-state index in [1.54, 1.807) is 19.1 Å². The van der Waals surface area contributed by atoms with Gasteiger partial charge in [-0.2, -0.15) is 5.26 Å². The van der Waals surface area contributed by atoms with Gasteiger partial charge in [0, 0.05) is 16.9 Å². The number of benzene rings is 1. The van der Waals surface area contributed by atoms with E-state index >= 15 is 0 Å². The van der Waals surface area contributed by atoms with Crippen LogP contribution in [0, 0.1) is 22.0 Å². The first kappa shape index (κ1) is 12.8. The molecule has 2 aromatic rings. The van der Waals surface area contributed by atoms with E-state index in [9.17, 15) is 4.79 Å². The van der Waals surface area contributed by atoms with Crippen LogP contribution in [-0.4, -0.2) is 10.4 Å². The number of hydrogen-bond donors (Lipinski definition) is 0. The van der Waals surface area contributed by atoms with Gasteiger partial charge in [0.15, 0.2) is 5.78 Å². The molecule has 0 spiro atoms. The highest BCUT2D eigenvalue weighted by Crippen LogP contribution is 2.23. The Bertz CT molecular complexity index is 648. The summed E-state index contributed by atoms with van der Waals surface area (Å²) in [5.41, 5.74) is 3.26. The topological polar surface area (TPSA) is 45.8 Å². The lowest BCUT2D eigenvalue weighted by molar-refractivity contribution is 0.101. The van der Waals surface area contributed by atoms with Gasteiger partial charge in [0.25, 0.3) is 0 Å². The maximum atomic E-state index is 11.5. The molecule has 0 radical (unpaired) electrons. The third-order valence-corrected chi connectivity index (χ3v) is 3.63. The second-order valence-corrected chi connectivity index (χ2v) is 5.12. The SMILES string of the molecule is CC(=O)c1cc(I)n(-c2ccc(C#N)cc2)c1C. The smallest absolute Gasteiger partial charge is 0.161 e. The highest BCUT2D eigenvalue weighted by Gasteiger charge is 2.14. The summed E-state index contributed by atoms with van der Waals surface area (Å²) < 4.78 is 3.00. The van der Waals surface area contributed by atoms with Crippen molar-refractivity contribution in [2.75, 3.05) is 0 Å². The van der Waals surface area contributed by atoms with Gasteiger partial charge in [-0.1, -0.05) is 0 Å². The van der Waals surface area contributed by atoms with Crippen molar-refractivity contribution < 1.29 is 4.79 Å². The third-order valence-electron chi connectivity index (χ3n) is 2.84. The number of aromatic nitrogens is 1. The Kier molecular flexibility index (Phi) is 3.53. The van der Waals surface area contributed by atoms with Crippen molar-refractivity contribution in [1.29, 1.82) is 5.26 Å². The van der Waals surface area contributed by atoms with Crippen LogP contribution in [-0.2, 0) is 0 Å². The van der Waals surface area contributed by atoms with Gasteiger partial charge < -0.3 is 4.57 Å². The molecule has 2 rings (SSSR count). The van der Waals surface area contributed by atoms with Crippen LogP contribution in [0.3, 0.4) is 0 Å². The second-order valence-electron chi connectivity index (χ2n) is 4.02. The Morgan fingerprint density at radius 1 is 1.33 bits per heavy atom. The van der Waals surface area contributed by atoms with Crippen molar-refractivity contribution in [2.24, 2.45) is 0 Å². The highest BCUT2D eigenvalue weighted by atomic mass is 127. The van der Waals surface area contributed by atoms with Crippen molar-refractivity contribution in [3.05, 3.63) is 50.9 Å². The Labute approximate surface area is 119 Å². The van der Waals surface area contributed by atoms with Crippen molar-refractivity contribution in [3.63, 3.8) is 0 Å². The van der Waals surface area contributed by atoms with E-state index in [1.165, 1.54) is 0 Å². The number of nitrogens with zero attached hydrogens (tertiary/aromatic N) is 2. The molecule has 0 fully saturated rings. The first-order valence-electron chi connectivity index (χ1n) is 5.44. The molecule has 3 nitrogen and oxygen atoms in total. The molecule has 1 heterocycles. The van der Waals surface area contributed by atoms with Crippen LogP contribution >= 0.6 is 22.6 Å². The van der Waals surface area contributed by atoms with Crippen molar-refractivity contribution in [1.82, 2.24) is 4.57 Å². The van der Waals surface area contributed by atoms with E-state index in [2.05, 4.69) is 28.7 Å².